The molecule has 2 N–H and O–H groups in total. The van der Waals surface area contributed by atoms with Gasteiger partial charge in [-0.2, -0.15) is 0 Å². The Morgan fingerprint density at radius 1 is 1.31 bits per heavy atom. The molecule has 1 atom stereocenters. The van der Waals surface area contributed by atoms with Crippen molar-refractivity contribution < 1.29 is 8.83 Å². The van der Waals surface area contributed by atoms with E-state index in [1.807, 2.05) is 26.0 Å². The zero-order chi connectivity index (χ0) is 11.5. The number of nitrogens with two attached hydrogens (primary N) is 1. The summed E-state index contributed by atoms with van der Waals surface area (Å²) < 4.78 is 10.7. The Kier molecular flexibility index (Phi) is 3.10. The van der Waals surface area contributed by atoms with Gasteiger partial charge >= 0.3 is 0 Å². The van der Waals surface area contributed by atoms with E-state index in [0.717, 1.165) is 17.2 Å². The zero-order valence-electron chi connectivity index (χ0n) is 9.56. The van der Waals surface area contributed by atoms with Crippen LogP contribution in [-0.2, 0) is 12.8 Å². The van der Waals surface area contributed by atoms with Crippen LogP contribution in [0.4, 0.5) is 0 Å². The van der Waals surface area contributed by atoms with Gasteiger partial charge in [-0.25, -0.2) is 4.98 Å². The molecule has 4 heteroatoms. The molecule has 0 amide bonds. The summed E-state index contributed by atoms with van der Waals surface area (Å²) in [5, 5.41) is 0. The first-order valence-corrected chi connectivity index (χ1v) is 5.35. The lowest BCUT2D eigenvalue weighted by Gasteiger charge is -2.06. The van der Waals surface area contributed by atoms with Crippen molar-refractivity contribution in [1.29, 1.82) is 0 Å². The predicted molar refractivity (Wildman–Crippen MR) is 60.1 cm³/mol. The number of furan rings is 1. The van der Waals surface area contributed by atoms with Gasteiger partial charge in [0.25, 0.3) is 0 Å². The van der Waals surface area contributed by atoms with Gasteiger partial charge in [0.1, 0.15) is 17.8 Å². The van der Waals surface area contributed by atoms with Crippen LogP contribution in [0.15, 0.2) is 27.2 Å². The van der Waals surface area contributed by atoms with Crippen molar-refractivity contribution in [2.45, 2.75) is 32.7 Å². The highest BCUT2D eigenvalue weighted by Gasteiger charge is 2.11. The summed E-state index contributed by atoms with van der Waals surface area (Å²) >= 11 is 0. The van der Waals surface area contributed by atoms with Gasteiger partial charge < -0.3 is 14.6 Å². The highest BCUT2D eigenvalue weighted by Crippen LogP contribution is 2.10. The first kappa shape index (κ1) is 11.0. The van der Waals surface area contributed by atoms with Crippen molar-refractivity contribution >= 4 is 0 Å². The van der Waals surface area contributed by atoms with Crippen LogP contribution in [0.25, 0.3) is 0 Å². The molecular weight excluding hydrogens is 204 g/mol. The van der Waals surface area contributed by atoms with E-state index in [1.165, 1.54) is 0 Å². The number of aromatic nitrogens is 1. The molecular formula is C12H16N2O2. The monoisotopic (exact) mass is 220 g/mol. The van der Waals surface area contributed by atoms with Crippen LogP contribution in [0.5, 0.6) is 0 Å². The molecule has 0 saturated carbocycles. The lowest BCUT2D eigenvalue weighted by atomic mass is 10.1. The van der Waals surface area contributed by atoms with Crippen LogP contribution in [0.1, 0.15) is 23.1 Å². The van der Waals surface area contributed by atoms with E-state index in [1.54, 1.807) is 6.26 Å². The first-order chi connectivity index (χ1) is 7.63. The van der Waals surface area contributed by atoms with Crippen molar-refractivity contribution in [3.63, 3.8) is 0 Å². The van der Waals surface area contributed by atoms with Crippen molar-refractivity contribution in [3.05, 3.63) is 41.5 Å². The van der Waals surface area contributed by atoms with E-state index in [4.69, 9.17) is 14.6 Å². The molecule has 2 rings (SSSR count). The SMILES string of the molecule is Cc1coc(CC(N)Cc2ccc(C)o2)n1. The largest absolute Gasteiger partial charge is 0.466 e. The van der Waals surface area contributed by atoms with Crippen LogP contribution >= 0.6 is 0 Å². The molecule has 2 heterocycles. The molecule has 0 bridgehead atoms. The standard InChI is InChI=1S/C12H16N2O2/c1-8-7-15-12(14-8)6-10(13)5-11-4-3-9(2)16-11/h3-4,7,10H,5-6,13H2,1-2H3. The molecule has 0 aliphatic heterocycles. The van der Waals surface area contributed by atoms with Gasteiger partial charge in [0.2, 0.25) is 0 Å². The molecule has 1 unspecified atom stereocenters. The van der Waals surface area contributed by atoms with E-state index in [0.29, 0.717) is 18.7 Å². The Balaban J connectivity index is 1.91. The molecule has 0 aromatic carbocycles. The van der Waals surface area contributed by atoms with Crippen molar-refractivity contribution in [1.82, 2.24) is 4.98 Å². The maximum absolute atomic E-state index is 6.00. The third-order valence-corrected chi connectivity index (χ3v) is 2.36. The second-order valence-electron chi connectivity index (χ2n) is 4.06. The Labute approximate surface area is 94.5 Å². The highest BCUT2D eigenvalue weighted by atomic mass is 16.3. The van der Waals surface area contributed by atoms with Gasteiger partial charge in [-0.1, -0.05) is 0 Å². The third-order valence-electron chi connectivity index (χ3n) is 2.36. The van der Waals surface area contributed by atoms with Gasteiger partial charge in [-0.05, 0) is 26.0 Å². The molecule has 16 heavy (non-hydrogen) atoms. The second kappa shape index (κ2) is 4.53. The number of oxazole rings is 1. The molecule has 0 radical (unpaired) electrons. The third kappa shape index (κ3) is 2.73. The quantitative estimate of drug-likeness (QED) is 0.855. The fourth-order valence-electron chi connectivity index (χ4n) is 1.65. The topological polar surface area (TPSA) is 65.2 Å². The molecule has 2 aromatic rings. The number of nitrogens with zero attached hydrogens (tertiary/aromatic N) is 1. The minimum absolute atomic E-state index is 0.0244. The van der Waals surface area contributed by atoms with Crippen LogP contribution in [-0.4, -0.2) is 11.0 Å². The molecule has 4 nitrogen and oxygen atoms in total. The van der Waals surface area contributed by atoms with Crippen molar-refractivity contribution in [2.75, 3.05) is 0 Å². The first-order valence-electron chi connectivity index (χ1n) is 5.35. The van der Waals surface area contributed by atoms with Gasteiger partial charge in [-0.3, -0.25) is 0 Å². The minimum atomic E-state index is -0.0244. The number of rotatable bonds is 4. The molecule has 0 saturated heterocycles. The van der Waals surface area contributed by atoms with Crippen LogP contribution in [0.3, 0.4) is 0 Å². The maximum atomic E-state index is 6.00. The number of hydrogen-bond donors (Lipinski definition) is 1. The van der Waals surface area contributed by atoms with Crippen LogP contribution in [0, 0.1) is 13.8 Å². The Morgan fingerprint density at radius 3 is 2.69 bits per heavy atom. The van der Waals surface area contributed by atoms with Crippen molar-refractivity contribution in [3.8, 4) is 0 Å². The molecule has 0 aliphatic rings. The smallest absolute Gasteiger partial charge is 0.195 e. The summed E-state index contributed by atoms with van der Waals surface area (Å²) in [5.41, 5.74) is 6.88. The lowest BCUT2D eigenvalue weighted by molar-refractivity contribution is 0.435. The molecule has 0 spiro atoms. The maximum Gasteiger partial charge on any atom is 0.195 e. The summed E-state index contributed by atoms with van der Waals surface area (Å²) in [6.45, 7) is 3.82. The average Bonchev–Trinajstić information content (AvgIpc) is 2.76. The average molecular weight is 220 g/mol. The molecule has 86 valence electrons. The number of aryl methyl sites for hydroxylation is 2. The Hall–Kier alpha value is -1.55. The molecule has 2 aromatic heterocycles. The second-order valence-corrected chi connectivity index (χ2v) is 4.06. The summed E-state index contributed by atoms with van der Waals surface area (Å²) in [4.78, 5) is 4.22. The fourth-order valence-corrected chi connectivity index (χ4v) is 1.65. The summed E-state index contributed by atoms with van der Waals surface area (Å²) in [6, 6.07) is 3.87. The fraction of sp³-hybridized carbons (Fsp3) is 0.417. The lowest BCUT2D eigenvalue weighted by Crippen LogP contribution is -2.25. The van der Waals surface area contributed by atoms with Crippen molar-refractivity contribution in [2.24, 2.45) is 5.73 Å². The summed E-state index contributed by atoms with van der Waals surface area (Å²) in [5.74, 6) is 2.51. The predicted octanol–water partition coefficient (Wildman–Crippen LogP) is 2.00. The number of hydrogen-bond acceptors (Lipinski definition) is 4. The Bertz CT molecular complexity index is 417. The van der Waals surface area contributed by atoms with Gasteiger partial charge in [0.05, 0.1) is 5.69 Å². The van der Waals surface area contributed by atoms with Gasteiger partial charge in [0.15, 0.2) is 5.89 Å². The summed E-state index contributed by atoms with van der Waals surface area (Å²) in [6.07, 6.45) is 2.97. The minimum Gasteiger partial charge on any atom is -0.466 e. The van der Waals surface area contributed by atoms with Gasteiger partial charge in [-0.15, -0.1) is 0 Å². The Morgan fingerprint density at radius 2 is 2.12 bits per heavy atom. The van der Waals surface area contributed by atoms with Crippen LogP contribution in [0.2, 0.25) is 0 Å². The van der Waals surface area contributed by atoms with Gasteiger partial charge in [0, 0.05) is 18.9 Å². The van der Waals surface area contributed by atoms with E-state index >= 15 is 0 Å². The van der Waals surface area contributed by atoms with Crippen LogP contribution < -0.4 is 5.73 Å². The van der Waals surface area contributed by atoms with E-state index in [-0.39, 0.29) is 6.04 Å². The zero-order valence-corrected chi connectivity index (χ0v) is 9.56. The molecule has 0 aliphatic carbocycles. The van der Waals surface area contributed by atoms with E-state index < -0.39 is 0 Å². The summed E-state index contributed by atoms with van der Waals surface area (Å²) in [7, 11) is 0. The molecule has 0 fully saturated rings. The normalized spacial score (nSPS) is 12.9. The highest BCUT2D eigenvalue weighted by molar-refractivity contribution is 5.07. The van der Waals surface area contributed by atoms with E-state index in [2.05, 4.69) is 4.98 Å². The van der Waals surface area contributed by atoms with E-state index in [9.17, 15) is 0 Å².